The molecule has 0 bridgehead atoms. The summed E-state index contributed by atoms with van der Waals surface area (Å²) in [6, 6.07) is 16.5. The van der Waals surface area contributed by atoms with Crippen molar-refractivity contribution in [1.82, 2.24) is 5.32 Å². The molecule has 0 spiro atoms. The number of benzene rings is 2. The van der Waals surface area contributed by atoms with Crippen LogP contribution in [0.25, 0.3) is 0 Å². The summed E-state index contributed by atoms with van der Waals surface area (Å²) in [5.74, 6) is -0.0608. The number of nitrogens with one attached hydrogen (secondary N) is 1. The van der Waals surface area contributed by atoms with Crippen molar-refractivity contribution in [2.45, 2.75) is 12.1 Å². The predicted octanol–water partition coefficient (Wildman–Crippen LogP) is 3.18. The van der Waals surface area contributed by atoms with Crippen LogP contribution in [-0.2, 0) is 26.4 Å². The molecule has 0 saturated carbocycles. The summed E-state index contributed by atoms with van der Waals surface area (Å²) >= 11 is 0. The zero-order valence-corrected chi connectivity index (χ0v) is 14.7. The lowest BCUT2D eigenvalue weighted by atomic mass is 9.90. The van der Waals surface area contributed by atoms with Crippen molar-refractivity contribution in [3.63, 3.8) is 0 Å². The Balaban J connectivity index is 2.22. The van der Waals surface area contributed by atoms with Gasteiger partial charge in [-0.15, -0.1) is 0 Å². The molecule has 0 aliphatic rings. The van der Waals surface area contributed by atoms with Crippen molar-refractivity contribution >= 4 is 12.1 Å². The summed E-state index contributed by atoms with van der Waals surface area (Å²) in [5.41, 5.74) is -0.0458. The molecule has 0 radical (unpaired) electrons. The van der Waals surface area contributed by atoms with Crippen molar-refractivity contribution in [3.8, 4) is 5.75 Å². The Labute approximate surface area is 152 Å². The molecule has 1 atom stereocenters. The van der Waals surface area contributed by atoms with E-state index in [0.29, 0.717) is 17.9 Å². The van der Waals surface area contributed by atoms with E-state index < -0.39 is 17.6 Å². The van der Waals surface area contributed by atoms with Crippen molar-refractivity contribution in [2.24, 2.45) is 0 Å². The van der Waals surface area contributed by atoms with Crippen LogP contribution in [0.5, 0.6) is 5.75 Å². The number of hydrogen-bond donors (Lipinski definition) is 1. The first kappa shape index (κ1) is 19.1. The van der Waals surface area contributed by atoms with Crippen LogP contribution in [-0.4, -0.2) is 26.3 Å². The molecule has 26 heavy (non-hydrogen) atoms. The third-order valence-corrected chi connectivity index (χ3v) is 3.86. The fourth-order valence-corrected chi connectivity index (χ4v) is 2.42. The molecule has 2 rings (SSSR count). The van der Waals surface area contributed by atoms with E-state index in [4.69, 9.17) is 9.47 Å². The third kappa shape index (κ3) is 4.22. The van der Waals surface area contributed by atoms with Crippen LogP contribution in [0.1, 0.15) is 11.1 Å². The number of ether oxygens (including phenoxy) is 3. The maximum Gasteiger partial charge on any atom is 0.408 e. The standard InChI is InChI=1S/C20H21NO5/c1-4-20(18(22)24-2,21-19(23)25-3)16-10-12-17(13-11-16)26-14-15-8-6-5-7-9-15/h4-13H,1,14H2,2-3H3,(H,21,23)/t20-/m0/s1. The number of amides is 1. The summed E-state index contributed by atoms with van der Waals surface area (Å²) in [6.07, 6.45) is 0.523. The summed E-state index contributed by atoms with van der Waals surface area (Å²) in [4.78, 5) is 24.0. The van der Waals surface area contributed by atoms with Gasteiger partial charge in [0.25, 0.3) is 0 Å². The van der Waals surface area contributed by atoms with E-state index in [1.54, 1.807) is 24.3 Å². The molecule has 6 heteroatoms. The molecule has 0 unspecified atom stereocenters. The van der Waals surface area contributed by atoms with Crippen molar-refractivity contribution in [1.29, 1.82) is 0 Å². The molecular formula is C20H21NO5. The number of rotatable bonds is 7. The first-order valence-corrected chi connectivity index (χ1v) is 7.91. The molecule has 0 aliphatic heterocycles. The highest BCUT2D eigenvalue weighted by Crippen LogP contribution is 2.27. The van der Waals surface area contributed by atoms with Crippen LogP contribution in [0, 0.1) is 0 Å². The van der Waals surface area contributed by atoms with Gasteiger partial charge in [0.05, 0.1) is 14.2 Å². The minimum absolute atomic E-state index is 0.421. The molecule has 1 amide bonds. The molecule has 2 aromatic rings. The maximum absolute atomic E-state index is 12.3. The van der Waals surface area contributed by atoms with Crippen molar-refractivity contribution in [2.75, 3.05) is 14.2 Å². The van der Waals surface area contributed by atoms with Crippen molar-refractivity contribution < 1.29 is 23.8 Å². The monoisotopic (exact) mass is 355 g/mol. The van der Waals surface area contributed by atoms with E-state index in [1.807, 2.05) is 30.3 Å². The van der Waals surface area contributed by atoms with Crippen LogP contribution in [0.15, 0.2) is 67.3 Å². The van der Waals surface area contributed by atoms with Gasteiger partial charge in [-0.1, -0.05) is 55.1 Å². The van der Waals surface area contributed by atoms with Crippen LogP contribution >= 0.6 is 0 Å². The zero-order chi connectivity index (χ0) is 19.0. The van der Waals surface area contributed by atoms with Gasteiger partial charge in [-0.3, -0.25) is 5.32 Å². The number of carbonyl (C=O) groups excluding carboxylic acids is 2. The quantitative estimate of drug-likeness (QED) is 0.610. The summed E-state index contributed by atoms with van der Waals surface area (Å²) < 4.78 is 15.2. The second-order valence-corrected chi connectivity index (χ2v) is 5.42. The molecular weight excluding hydrogens is 334 g/mol. The Morgan fingerprint density at radius 1 is 1.04 bits per heavy atom. The normalized spacial score (nSPS) is 12.4. The van der Waals surface area contributed by atoms with Gasteiger partial charge in [0.15, 0.2) is 5.54 Å². The summed E-state index contributed by atoms with van der Waals surface area (Å²) in [7, 11) is 2.44. The van der Waals surface area contributed by atoms with Gasteiger partial charge in [0.2, 0.25) is 0 Å². The molecule has 0 heterocycles. The molecule has 1 N–H and O–H groups in total. The molecule has 0 fully saturated rings. The Morgan fingerprint density at radius 2 is 1.69 bits per heavy atom. The lowest BCUT2D eigenvalue weighted by molar-refractivity contribution is -0.146. The Morgan fingerprint density at radius 3 is 2.23 bits per heavy atom. The minimum atomic E-state index is -1.56. The first-order valence-electron chi connectivity index (χ1n) is 7.91. The average Bonchev–Trinajstić information content (AvgIpc) is 2.71. The van der Waals surface area contributed by atoms with Gasteiger partial charge in [-0.25, -0.2) is 9.59 Å². The van der Waals surface area contributed by atoms with Gasteiger partial charge in [0.1, 0.15) is 12.4 Å². The number of hydrogen-bond acceptors (Lipinski definition) is 5. The highest BCUT2D eigenvalue weighted by molar-refractivity contribution is 5.89. The molecule has 0 aromatic heterocycles. The van der Waals surface area contributed by atoms with E-state index in [0.717, 1.165) is 5.56 Å². The highest BCUT2D eigenvalue weighted by Gasteiger charge is 2.40. The number of carbonyl (C=O) groups is 2. The van der Waals surface area contributed by atoms with E-state index in [9.17, 15) is 9.59 Å². The Hall–Kier alpha value is -3.28. The molecule has 136 valence electrons. The predicted molar refractivity (Wildman–Crippen MR) is 96.6 cm³/mol. The average molecular weight is 355 g/mol. The van der Waals surface area contributed by atoms with Gasteiger partial charge >= 0.3 is 12.1 Å². The molecule has 2 aromatic carbocycles. The fraction of sp³-hybridized carbons (Fsp3) is 0.200. The molecule has 0 aliphatic carbocycles. The number of methoxy groups -OCH3 is 2. The Bertz CT molecular complexity index is 758. The van der Waals surface area contributed by atoms with Crippen LogP contribution in [0.4, 0.5) is 4.79 Å². The maximum atomic E-state index is 12.3. The lowest BCUT2D eigenvalue weighted by Crippen LogP contribution is -2.51. The number of alkyl carbamates (subject to hydrolysis) is 1. The van der Waals surface area contributed by atoms with E-state index in [2.05, 4.69) is 16.6 Å². The van der Waals surface area contributed by atoms with Gasteiger partial charge < -0.3 is 14.2 Å². The second kappa shape index (κ2) is 8.71. The SMILES string of the molecule is C=C[C@@](NC(=O)OC)(C(=O)OC)c1ccc(OCc2ccccc2)cc1. The van der Waals surface area contributed by atoms with E-state index >= 15 is 0 Å². The molecule has 0 saturated heterocycles. The van der Waals surface area contributed by atoms with E-state index in [-0.39, 0.29) is 0 Å². The Kier molecular flexibility index (Phi) is 6.38. The number of esters is 1. The topological polar surface area (TPSA) is 73.9 Å². The van der Waals surface area contributed by atoms with Gasteiger partial charge in [-0.05, 0) is 23.3 Å². The van der Waals surface area contributed by atoms with Crippen LogP contribution in [0.3, 0.4) is 0 Å². The lowest BCUT2D eigenvalue weighted by Gasteiger charge is -2.28. The van der Waals surface area contributed by atoms with E-state index in [1.165, 1.54) is 20.3 Å². The molecule has 6 nitrogen and oxygen atoms in total. The summed E-state index contributed by atoms with van der Waals surface area (Å²) in [6.45, 7) is 4.08. The third-order valence-electron chi connectivity index (χ3n) is 3.86. The van der Waals surface area contributed by atoms with Gasteiger partial charge in [0, 0.05) is 0 Å². The zero-order valence-electron chi connectivity index (χ0n) is 14.7. The van der Waals surface area contributed by atoms with Crippen LogP contribution in [0.2, 0.25) is 0 Å². The largest absolute Gasteiger partial charge is 0.489 e. The fourth-order valence-electron chi connectivity index (χ4n) is 2.42. The van der Waals surface area contributed by atoms with Crippen molar-refractivity contribution in [3.05, 3.63) is 78.4 Å². The first-order chi connectivity index (χ1) is 12.6. The summed E-state index contributed by atoms with van der Waals surface area (Å²) in [5, 5.41) is 2.48. The van der Waals surface area contributed by atoms with Crippen LogP contribution < -0.4 is 10.1 Å². The smallest absolute Gasteiger partial charge is 0.408 e. The van der Waals surface area contributed by atoms with Gasteiger partial charge in [-0.2, -0.15) is 0 Å². The second-order valence-electron chi connectivity index (χ2n) is 5.42. The minimum Gasteiger partial charge on any atom is -0.489 e. The highest BCUT2D eigenvalue weighted by atomic mass is 16.5.